The molecule has 4 heteroatoms. The molecule has 0 saturated heterocycles. The minimum Gasteiger partial charge on any atom is -0.385 e. The van der Waals surface area contributed by atoms with Crippen LogP contribution in [0.15, 0.2) is 84.9 Å². The average molecular weight is 548 g/mol. The van der Waals surface area contributed by atoms with E-state index in [4.69, 9.17) is 27.9 Å². The Bertz CT molecular complexity index is 1280. The lowest BCUT2D eigenvalue weighted by atomic mass is 9.76. The summed E-state index contributed by atoms with van der Waals surface area (Å²) in [6.45, 7) is 4.92. The highest BCUT2D eigenvalue weighted by Crippen LogP contribution is 2.47. The van der Waals surface area contributed by atoms with Crippen LogP contribution in [0.2, 0.25) is 10.0 Å². The summed E-state index contributed by atoms with van der Waals surface area (Å²) in [5.41, 5.74) is 6.37. The molecule has 4 aromatic carbocycles. The van der Waals surface area contributed by atoms with Crippen molar-refractivity contribution in [1.82, 2.24) is 0 Å². The summed E-state index contributed by atoms with van der Waals surface area (Å²) in [5, 5.41) is 14.1. The van der Waals surface area contributed by atoms with Gasteiger partial charge >= 0.3 is 0 Å². The number of rotatable bonds is 11. The first-order valence-corrected chi connectivity index (χ1v) is 14.2. The van der Waals surface area contributed by atoms with E-state index < -0.39 is 5.60 Å². The first-order chi connectivity index (χ1) is 18.4. The quantitative estimate of drug-likeness (QED) is 0.190. The van der Waals surface area contributed by atoms with Gasteiger partial charge in [0, 0.05) is 34.9 Å². The van der Waals surface area contributed by atoms with Gasteiger partial charge in [-0.1, -0.05) is 110 Å². The molecule has 0 spiro atoms. The molecule has 0 amide bonds. The fourth-order valence-corrected chi connectivity index (χ4v) is 5.83. The van der Waals surface area contributed by atoms with E-state index in [9.17, 15) is 5.11 Å². The van der Waals surface area contributed by atoms with Gasteiger partial charge in [0.15, 0.2) is 0 Å². The van der Waals surface area contributed by atoms with Crippen LogP contribution in [0.5, 0.6) is 0 Å². The third-order valence-electron chi connectivity index (χ3n) is 7.30. The fourth-order valence-electron chi connectivity index (χ4n) is 5.26. The van der Waals surface area contributed by atoms with Crippen LogP contribution in [-0.2, 0) is 23.2 Å². The summed E-state index contributed by atoms with van der Waals surface area (Å²) in [6.07, 6.45) is 3.94. The number of halogens is 2. The highest BCUT2D eigenvalue weighted by atomic mass is 35.5. The summed E-state index contributed by atoms with van der Waals surface area (Å²) in [7, 11) is 1.71. The number of aryl methyl sites for hydroxylation is 2. The van der Waals surface area contributed by atoms with E-state index in [2.05, 4.69) is 62.4 Å². The highest BCUT2D eigenvalue weighted by molar-refractivity contribution is 6.34. The van der Waals surface area contributed by atoms with Gasteiger partial charge in [-0.3, -0.25) is 0 Å². The van der Waals surface area contributed by atoms with Gasteiger partial charge in [-0.15, -0.1) is 0 Å². The van der Waals surface area contributed by atoms with Gasteiger partial charge in [-0.25, -0.2) is 0 Å². The standard InChI is InChI=1S/C34H36Cl2O2/c1-4-24-12-8-14-26(22-24)32-28(16-10-18-30(32)35)34(37,20-6-7-21-38-3)29-17-11-19-31(36)33(29)27-15-9-13-25(5-2)23-27/h8-19,22-23,37H,4-7,20-21H2,1-3H3. The Labute approximate surface area is 237 Å². The van der Waals surface area contributed by atoms with Crippen LogP contribution in [0.1, 0.15) is 55.4 Å². The van der Waals surface area contributed by atoms with E-state index in [1.807, 2.05) is 36.4 Å². The Kier molecular flexibility index (Phi) is 9.68. The molecule has 0 aliphatic heterocycles. The minimum absolute atomic E-state index is 0.498. The summed E-state index contributed by atoms with van der Waals surface area (Å²) in [6, 6.07) is 28.5. The zero-order valence-electron chi connectivity index (χ0n) is 22.4. The molecule has 2 nitrogen and oxygen atoms in total. The zero-order valence-corrected chi connectivity index (χ0v) is 23.9. The van der Waals surface area contributed by atoms with Crippen molar-refractivity contribution in [2.75, 3.05) is 13.7 Å². The number of aliphatic hydroxyl groups is 1. The monoisotopic (exact) mass is 546 g/mol. The lowest BCUT2D eigenvalue weighted by molar-refractivity contribution is 0.0662. The van der Waals surface area contributed by atoms with Crippen LogP contribution >= 0.6 is 23.2 Å². The normalized spacial score (nSPS) is 11.6. The van der Waals surface area contributed by atoms with Crippen LogP contribution < -0.4 is 0 Å². The first-order valence-electron chi connectivity index (χ1n) is 13.4. The lowest BCUT2D eigenvalue weighted by Crippen LogP contribution is -2.29. The Morgan fingerprint density at radius 3 is 1.61 bits per heavy atom. The smallest absolute Gasteiger partial charge is 0.116 e. The Hall–Kier alpha value is -2.62. The van der Waals surface area contributed by atoms with Crippen molar-refractivity contribution < 1.29 is 9.84 Å². The molecule has 0 bridgehead atoms. The maximum Gasteiger partial charge on any atom is 0.116 e. The van der Waals surface area contributed by atoms with Gasteiger partial charge in [0.25, 0.3) is 0 Å². The predicted molar refractivity (Wildman–Crippen MR) is 161 cm³/mol. The number of ether oxygens (including phenoxy) is 1. The van der Waals surface area contributed by atoms with Crippen LogP contribution in [0.25, 0.3) is 22.3 Å². The topological polar surface area (TPSA) is 29.5 Å². The second-order valence-corrected chi connectivity index (χ2v) is 10.6. The zero-order chi connectivity index (χ0) is 27.1. The van der Waals surface area contributed by atoms with Crippen molar-refractivity contribution in [3.8, 4) is 22.3 Å². The molecule has 0 heterocycles. The number of hydrogen-bond acceptors (Lipinski definition) is 2. The molecule has 0 atom stereocenters. The van der Waals surface area contributed by atoms with E-state index >= 15 is 0 Å². The SMILES string of the molecule is CCc1cccc(-c2c(Cl)cccc2C(O)(CCCCOC)c2cccc(Cl)c2-c2cccc(CC)c2)c1. The Morgan fingerprint density at radius 1 is 0.684 bits per heavy atom. The number of hydrogen-bond donors (Lipinski definition) is 1. The molecule has 0 saturated carbocycles. The van der Waals surface area contributed by atoms with Gasteiger partial charge in [-0.2, -0.15) is 0 Å². The highest BCUT2D eigenvalue weighted by Gasteiger charge is 2.37. The maximum atomic E-state index is 12.9. The second kappa shape index (κ2) is 13.0. The van der Waals surface area contributed by atoms with E-state index in [0.717, 1.165) is 59.1 Å². The largest absolute Gasteiger partial charge is 0.385 e. The van der Waals surface area contributed by atoms with Crippen LogP contribution in [-0.4, -0.2) is 18.8 Å². The van der Waals surface area contributed by atoms with Crippen LogP contribution in [0.3, 0.4) is 0 Å². The van der Waals surface area contributed by atoms with E-state index in [0.29, 0.717) is 23.1 Å². The molecule has 0 aliphatic rings. The molecule has 0 radical (unpaired) electrons. The second-order valence-electron chi connectivity index (χ2n) is 9.74. The van der Waals surface area contributed by atoms with Crippen molar-refractivity contribution in [3.05, 3.63) is 117 Å². The average Bonchev–Trinajstić information content (AvgIpc) is 2.95. The Morgan fingerprint density at radius 2 is 1.16 bits per heavy atom. The van der Waals surface area contributed by atoms with E-state index in [1.54, 1.807) is 7.11 Å². The molecule has 0 aromatic heterocycles. The molecule has 1 N–H and O–H groups in total. The lowest BCUT2D eigenvalue weighted by Gasteiger charge is -2.34. The van der Waals surface area contributed by atoms with Crippen LogP contribution in [0, 0.1) is 0 Å². The van der Waals surface area contributed by atoms with E-state index in [1.165, 1.54) is 11.1 Å². The van der Waals surface area contributed by atoms with Crippen molar-refractivity contribution >= 4 is 23.2 Å². The predicted octanol–water partition coefficient (Wildman–Crippen LogP) is 9.50. The molecule has 198 valence electrons. The van der Waals surface area contributed by atoms with Crippen molar-refractivity contribution in [2.45, 2.75) is 51.6 Å². The maximum absolute atomic E-state index is 12.9. The molecule has 4 rings (SSSR count). The number of methoxy groups -OCH3 is 1. The summed E-state index contributed by atoms with van der Waals surface area (Å²) in [4.78, 5) is 0. The van der Waals surface area contributed by atoms with Gasteiger partial charge in [0.05, 0.1) is 0 Å². The first kappa shape index (κ1) is 28.4. The van der Waals surface area contributed by atoms with Gasteiger partial charge in [-0.05, 0) is 77.6 Å². The molecular formula is C34H36Cl2O2. The molecule has 38 heavy (non-hydrogen) atoms. The number of benzene rings is 4. The van der Waals surface area contributed by atoms with Gasteiger partial charge in [0.2, 0.25) is 0 Å². The number of unbranched alkanes of at least 4 members (excludes halogenated alkanes) is 1. The summed E-state index contributed by atoms with van der Waals surface area (Å²) >= 11 is 13.8. The summed E-state index contributed by atoms with van der Waals surface area (Å²) in [5.74, 6) is 0. The van der Waals surface area contributed by atoms with Gasteiger partial charge < -0.3 is 9.84 Å². The minimum atomic E-state index is -1.33. The van der Waals surface area contributed by atoms with E-state index in [-0.39, 0.29) is 0 Å². The third kappa shape index (κ3) is 6.00. The summed E-state index contributed by atoms with van der Waals surface area (Å²) < 4.78 is 5.32. The third-order valence-corrected chi connectivity index (χ3v) is 7.93. The molecule has 4 aromatic rings. The molecule has 0 aliphatic carbocycles. The molecule has 0 unspecified atom stereocenters. The van der Waals surface area contributed by atoms with Crippen molar-refractivity contribution in [3.63, 3.8) is 0 Å². The van der Waals surface area contributed by atoms with Crippen LogP contribution in [0.4, 0.5) is 0 Å². The van der Waals surface area contributed by atoms with Crippen molar-refractivity contribution in [2.24, 2.45) is 0 Å². The van der Waals surface area contributed by atoms with Gasteiger partial charge in [0.1, 0.15) is 5.60 Å². The Balaban J connectivity index is 1.99. The fraction of sp³-hybridized carbons (Fsp3) is 0.294. The molecular weight excluding hydrogens is 511 g/mol. The molecule has 0 fully saturated rings. The van der Waals surface area contributed by atoms with Crippen molar-refractivity contribution in [1.29, 1.82) is 0 Å².